The number of hydrogen-bond donors (Lipinski definition) is 0. The smallest absolute Gasteiger partial charge is 0.417 e. The van der Waals surface area contributed by atoms with E-state index in [-0.39, 0.29) is 34.5 Å². The molecule has 0 amide bonds. The fraction of sp³-hybridized carbons (Fsp3) is 0.150. The Morgan fingerprint density at radius 2 is 1.71 bits per heavy atom. The summed E-state index contributed by atoms with van der Waals surface area (Å²) in [4.78, 5) is 3.13. The molecule has 2 aromatic heterocycles. The van der Waals surface area contributed by atoms with Crippen LogP contribution in [0, 0.1) is 0 Å². The van der Waals surface area contributed by atoms with Crippen LogP contribution in [-0.2, 0) is 6.18 Å². The van der Waals surface area contributed by atoms with Gasteiger partial charge >= 0.3 is 6.18 Å². The second-order valence-corrected chi connectivity index (χ2v) is 7.39. The number of benzene rings is 2. The molecule has 2 aromatic carbocycles. The summed E-state index contributed by atoms with van der Waals surface area (Å²) in [7, 11) is 1.29. The van der Waals surface area contributed by atoms with E-state index in [0.717, 1.165) is 6.07 Å². The van der Waals surface area contributed by atoms with Crippen LogP contribution in [-0.4, -0.2) is 22.4 Å². The number of ether oxygens (including phenoxy) is 1. The maximum atomic E-state index is 13.5. The zero-order valence-corrected chi connectivity index (χ0v) is 17.2. The van der Waals surface area contributed by atoms with E-state index < -0.39 is 16.6 Å². The highest BCUT2D eigenvalue weighted by Gasteiger charge is 2.36. The molecule has 0 aliphatic rings. The Kier molecular flexibility index (Phi) is 5.63. The van der Waals surface area contributed by atoms with Crippen LogP contribution in [0.25, 0.3) is 34.0 Å². The van der Waals surface area contributed by atoms with Crippen LogP contribution in [0.5, 0.6) is 5.75 Å². The van der Waals surface area contributed by atoms with Crippen molar-refractivity contribution < 1.29 is 27.0 Å². The first kappa shape index (κ1) is 21.2. The van der Waals surface area contributed by atoms with Gasteiger partial charge in [0.2, 0.25) is 5.82 Å². The van der Waals surface area contributed by atoms with E-state index >= 15 is 0 Å². The van der Waals surface area contributed by atoms with Crippen LogP contribution in [0.3, 0.4) is 0 Å². The molecule has 160 valence electrons. The summed E-state index contributed by atoms with van der Waals surface area (Å²) >= 11 is 11.4. The molecule has 0 atom stereocenters. The Morgan fingerprint density at radius 1 is 0.968 bits per heavy atom. The number of aromatic nitrogens is 3. The second kappa shape index (κ2) is 8.24. The number of halogens is 5. The number of rotatable bonds is 5. The Hall–Kier alpha value is -3.04. The molecule has 11 heteroatoms. The third-order valence-electron chi connectivity index (χ3n) is 4.35. The van der Waals surface area contributed by atoms with Crippen LogP contribution >= 0.6 is 23.2 Å². The van der Waals surface area contributed by atoms with Gasteiger partial charge in [0, 0.05) is 17.2 Å². The van der Waals surface area contributed by atoms with Crippen molar-refractivity contribution in [1.82, 2.24) is 15.3 Å². The highest BCUT2D eigenvalue weighted by Crippen LogP contribution is 2.42. The van der Waals surface area contributed by atoms with Crippen molar-refractivity contribution >= 4 is 23.2 Å². The van der Waals surface area contributed by atoms with Gasteiger partial charge in [-0.2, -0.15) is 18.2 Å². The molecule has 31 heavy (non-hydrogen) atoms. The summed E-state index contributed by atoms with van der Waals surface area (Å²) in [6.07, 6.45) is -4.60. The van der Waals surface area contributed by atoms with Gasteiger partial charge in [0.1, 0.15) is 11.4 Å². The van der Waals surface area contributed by atoms with Gasteiger partial charge in [-0.3, -0.25) is 0 Å². The van der Waals surface area contributed by atoms with E-state index in [9.17, 15) is 13.2 Å². The fourth-order valence-corrected chi connectivity index (χ4v) is 3.16. The zero-order chi connectivity index (χ0) is 22.2. The summed E-state index contributed by atoms with van der Waals surface area (Å²) in [5.74, 6) is 0.556. The Bertz CT molecular complexity index is 1220. The summed E-state index contributed by atoms with van der Waals surface area (Å²) < 4.78 is 56.0. The van der Waals surface area contributed by atoms with Crippen molar-refractivity contribution in [2.75, 3.05) is 7.11 Å². The van der Waals surface area contributed by atoms with Crippen LogP contribution < -0.4 is 4.74 Å². The van der Waals surface area contributed by atoms with Crippen molar-refractivity contribution in [1.29, 1.82) is 0 Å². The largest absolute Gasteiger partial charge is 0.496 e. The Labute approximate surface area is 183 Å². The lowest BCUT2D eigenvalue weighted by atomic mass is 10.0. The fourth-order valence-electron chi connectivity index (χ4n) is 2.98. The SMILES string of the molecule is COc1cccc(C(F)(F)F)c1-c1cc(-c2cccc(-c3noc(C(Cl)Cl)n3)c2)on1. The summed E-state index contributed by atoms with van der Waals surface area (Å²) in [5, 5.41) is 7.65. The molecule has 0 spiro atoms. The minimum Gasteiger partial charge on any atom is -0.496 e. The molecule has 6 nitrogen and oxygen atoms in total. The predicted molar refractivity (Wildman–Crippen MR) is 107 cm³/mol. The van der Waals surface area contributed by atoms with E-state index in [1.165, 1.54) is 25.3 Å². The monoisotopic (exact) mass is 469 g/mol. The summed E-state index contributed by atoms with van der Waals surface area (Å²) in [5.41, 5.74) is 0.00409. The Morgan fingerprint density at radius 3 is 2.39 bits per heavy atom. The van der Waals surface area contributed by atoms with Crippen molar-refractivity contribution in [3.63, 3.8) is 0 Å². The quantitative estimate of drug-likeness (QED) is 0.308. The van der Waals surface area contributed by atoms with Crippen LogP contribution in [0.2, 0.25) is 0 Å². The molecule has 0 saturated carbocycles. The lowest BCUT2D eigenvalue weighted by Gasteiger charge is -2.14. The number of methoxy groups -OCH3 is 1. The molecule has 0 radical (unpaired) electrons. The van der Waals surface area contributed by atoms with Crippen molar-refractivity contribution in [2.45, 2.75) is 11.0 Å². The van der Waals surface area contributed by atoms with E-state index in [2.05, 4.69) is 15.3 Å². The van der Waals surface area contributed by atoms with Gasteiger partial charge in [-0.15, -0.1) is 0 Å². The summed E-state index contributed by atoms with van der Waals surface area (Å²) in [6.45, 7) is 0. The zero-order valence-electron chi connectivity index (χ0n) is 15.7. The maximum absolute atomic E-state index is 13.5. The van der Waals surface area contributed by atoms with Gasteiger partial charge in [0.25, 0.3) is 5.89 Å². The molecule has 0 fully saturated rings. The van der Waals surface area contributed by atoms with Gasteiger partial charge in [-0.25, -0.2) is 0 Å². The highest BCUT2D eigenvalue weighted by atomic mass is 35.5. The van der Waals surface area contributed by atoms with Gasteiger partial charge < -0.3 is 13.8 Å². The average molecular weight is 470 g/mol. The molecule has 2 heterocycles. The molecular weight excluding hydrogens is 458 g/mol. The number of hydrogen-bond acceptors (Lipinski definition) is 6. The topological polar surface area (TPSA) is 74.2 Å². The van der Waals surface area contributed by atoms with E-state index in [1.54, 1.807) is 24.3 Å². The third kappa shape index (κ3) is 4.24. The van der Waals surface area contributed by atoms with Crippen molar-refractivity contribution in [3.8, 4) is 39.7 Å². The van der Waals surface area contributed by atoms with Crippen LogP contribution in [0.1, 0.15) is 16.3 Å². The molecular formula is C20H12Cl2F3N3O3. The molecule has 0 N–H and O–H groups in total. The minimum absolute atomic E-state index is 0.0147. The molecule has 4 rings (SSSR count). The Balaban J connectivity index is 1.74. The van der Waals surface area contributed by atoms with Gasteiger partial charge in [-0.05, 0) is 18.2 Å². The maximum Gasteiger partial charge on any atom is 0.417 e. The van der Waals surface area contributed by atoms with Crippen LogP contribution in [0.4, 0.5) is 13.2 Å². The highest BCUT2D eigenvalue weighted by molar-refractivity contribution is 6.43. The first-order chi connectivity index (χ1) is 14.8. The lowest BCUT2D eigenvalue weighted by molar-refractivity contribution is -0.137. The van der Waals surface area contributed by atoms with E-state index in [4.69, 9.17) is 37.0 Å². The second-order valence-electron chi connectivity index (χ2n) is 6.29. The minimum atomic E-state index is -4.60. The third-order valence-corrected chi connectivity index (χ3v) is 4.72. The van der Waals surface area contributed by atoms with Crippen LogP contribution in [0.15, 0.2) is 57.6 Å². The first-order valence-corrected chi connectivity index (χ1v) is 9.59. The predicted octanol–water partition coefficient (Wildman–Crippen LogP) is 6.56. The molecule has 0 aliphatic carbocycles. The normalized spacial score (nSPS) is 11.8. The summed E-state index contributed by atoms with van der Waals surface area (Å²) in [6, 6.07) is 11.8. The van der Waals surface area contributed by atoms with Gasteiger partial charge in [-0.1, -0.05) is 57.8 Å². The molecule has 4 aromatic rings. The van der Waals surface area contributed by atoms with Gasteiger partial charge in [0.05, 0.1) is 18.2 Å². The standard InChI is InChI=1S/C20H12Cl2F3N3O3/c1-29-14-7-3-6-12(20(23,24)25)16(14)13-9-15(30-27-13)10-4-2-5-11(8-10)18-26-19(17(21)22)31-28-18/h2-9,17H,1H3. The van der Waals surface area contributed by atoms with E-state index in [1.807, 2.05) is 0 Å². The van der Waals surface area contributed by atoms with Crippen molar-refractivity contribution in [3.05, 3.63) is 60.0 Å². The molecule has 0 aliphatic heterocycles. The average Bonchev–Trinajstić information content (AvgIpc) is 3.43. The molecule has 0 bridgehead atoms. The molecule has 0 saturated heterocycles. The van der Waals surface area contributed by atoms with Crippen molar-refractivity contribution in [2.24, 2.45) is 0 Å². The number of alkyl halides is 5. The van der Waals surface area contributed by atoms with Gasteiger partial charge in [0.15, 0.2) is 10.6 Å². The lowest BCUT2D eigenvalue weighted by Crippen LogP contribution is -2.08. The molecule has 0 unspecified atom stereocenters. The number of nitrogens with zero attached hydrogens (tertiary/aromatic N) is 3. The first-order valence-electron chi connectivity index (χ1n) is 8.71. The van der Waals surface area contributed by atoms with E-state index in [0.29, 0.717) is 11.1 Å².